The fraction of sp³-hybridized carbons (Fsp3) is 0.292. The summed E-state index contributed by atoms with van der Waals surface area (Å²) in [5.41, 5.74) is 0.231. The van der Waals surface area contributed by atoms with Gasteiger partial charge in [0.15, 0.2) is 5.82 Å². The molecule has 1 aliphatic rings. The molecule has 10 nitrogen and oxygen atoms in total. The minimum absolute atomic E-state index is 0.101. The Morgan fingerprint density at radius 2 is 1.83 bits per heavy atom. The number of phenolic OH excluding ortho intramolecular Hbond substituents is 3. The molecule has 0 saturated carbocycles. The van der Waals surface area contributed by atoms with Crippen LogP contribution in [0.5, 0.6) is 23.0 Å². The first-order chi connectivity index (χ1) is 16.8. The molecule has 1 atom stereocenters. The van der Waals surface area contributed by atoms with Gasteiger partial charge in [-0.3, -0.25) is 14.7 Å². The minimum Gasteiger partial charge on any atom is -0.508 e. The molecule has 2 aromatic carbocycles. The van der Waals surface area contributed by atoms with Crippen LogP contribution in [0.15, 0.2) is 42.5 Å². The number of hydrogen-bond donors (Lipinski definition) is 5. The van der Waals surface area contributed by atoms with Crippen LogP contribution in [0.25, 0.3) is 0 Å². The summed E-state index contributed by atoms with van der Waals surface area (Å²) in [6.07, 6.45) is 2.62. The van der Waals surface area contributed by atoms with E-state index < -0.39 is 23.0 Å². The number of nitrogens with one attached hydrogen (secondary N) is 2. The zero-order valence-corrected chi connectivity index (χ0v) is 18.7. The summed E-state index contributed by atoms with van der Waals surface area (Å²) < 4.78 is 18.6. The summed E-state index contributed by atoms with van der Waals surface area (Å²) in [4.78, 5) is 27.2. The number of H-pyrrole nitrogens is 1. The Kier molecular flexibility index (Phi) is 7.04. The molecule has 1 fully saturated rings. The van der Waals surface area contributed by atoms with Gasteiger partial charge in [0.05, 0.1) is 24.8 Å². The quantitative estimate of drug-likeness (QED) is 0.345. The van der Waals surface area contributed by atoms with Crippen LogP contribution in [-0.4, -0.2) is 55.4 Å². The van der Waals surface area contributed by atoms with Crippen molar-refractivity contribution in [3.05, 3.63) is 59.5 Å². The zero-order chi connectivity index (χ0) is 24.9. The van der Waals surface area contributed by atoms with Crippen molar-refractivity contribution < 1.29 is 34.0 Å². The van der Waals surface area contributed by atoms with E-state index in [2.05, 4.69) is 15.5 Å². The summed E-state index contributed by atoms with van der Waals surface area (Å²) in [5, 5.41) is 38.6. The van der Waals surface area contributed by atoms with Gasteiger partial charge in [-0.25, -0.2) is 4.39 Å². The Morgan fingerprint density at radius 1 is 1.11 bits per heavy atom. The number of nitrogens with zero attached hydrogens (tertiary/aromatic N) is 2. The molecular weight excluding hydrogens is 459 g/mol. The van der Waals surface area contributed by atoms with Crippen LogP contribution in [0.4, 0.5) is 10.2 Å². The van der Waals surface area contributed by atoms with Crippen LogP contribution in [-0.2, 0) is 4.79 Å². The number of aromatic nitrogens is 2. The summed E-state index contributed by atoms with van der Waals surface area (Å²) in [7, 11) is 0. The van der Waals surface area contributed by atoms with Gasteiger partial charge in [-0.1, -0.05) is 0 Å². The van der Waals surface area contributed by atoms with E-state index in [1.807, 2.05) is 0 Å². The molecule has 0 unspecified atom stereocenters. The van der Waals surface area contributed by atoms with Crippen molar-refractivity contribution >= 4 is 17.6 Å². The number of amides is 2. The van der Waals surface area contributed by atoms with Crippen LogP contribution >= 0.6 is 0 Å². The molecule has 0 bridgehead atoms. The molecule has 1 saturated heterocycles. The summed E-state index contributed by atoms with van der Waals surface area (Å²) >= 11 is 0. The number of aromatic amines is 1. The number of piperidine rings is 1. The summed E-state index contributed by atoms with van der Waals surface area (Å²) in [5.74, 6) is -2.20. The first-order valence-electron chi connectivity index (χ1n) is 11.1. The number of hydrogen-bond acceptors (Lipinski definition) is 7. The number of anilines is 1. The van der Waals surface area contributed by atoms with E-state index in [9.17, 15) is 29.3 Å². The third-order valence-electron chi connectivity index (χ3n) is 5.73. The van der Waals surface area contributed by atoms with Crippen molar-refractivity contribution in [2.24, 2.45) is 0 Å². The van der Waals surface area contributed by atoms with Gasteiger partial charge in [0.1, 0.15) is 34.4 Å². The Hall–Kier alpha value is -4.28. The van der Waals surface area contributed by atoms with E-state index in [1.165, 1.54) is 24.3 Å². The lowest BCUT2D eigenvalue weighted by molar-refractivity contribution is -0.135. The highest BCUT2D eigenvalue weighted by atomic mass is 19.1. The number of carbonyl (C=O) groups excluding carboxylic acids is 2. The molecule has 2 heterocycles. The van der Waals surface area contributed by atoms with Gasteiger partial charge in [0.25, 0.3) is 5.91 Å². The molecule has 5 N–H and O–H groups in total. The predicted molar refractivity (Wildman–Crippen MR) is 123 cm³/mol. The monoisotopic (exact) mass is 484 g/mol. The normalized spacial score (nSPS) is 15.6. The molecule has 2 amide bonds. The van der Waals surface area contributed by atoms with Gasteiger partial charge in [0.2, 0.25) is 5.91 Å². The highest BCUT2D eigenvalue weighted by Crippen LogP contribution is 2.34. The number of phenols is 3. The Morgan fingerprint density at radius 3 is 2.54 bits per heavy atom. The van der Waals surface area contributed by atoms with E-state index >= 15 is 0 Å². The number of benzene rings is 2. The minimum atomic E-state index is -0.812. The molecule has 4 rings (SSSR count). The molecule has 11 heteroatoms. The topological polar surface area (TPSA) is 148 Å². The third kappa shape index (κ3) is 5.62. The van der Waals surface area contributed by atoms with Crippen molar-refractivity contribution in [2.75, 3.05) is 18.5 Å². The average molecular weight is 484 g/mol. The van der Waals surface area contributed by atoms with Crippen LogP contribution in [0.3, 0.4) is 0 Å². The number of halogens is 1. The van der Waals surface area contributed by atoms with Crippen LogP contribution in [0.1, 0.15) is 47.8 Å². The first-order valence-corrected chi connectivity index (χ1v) is 11.1. The third-order valence-corrected chi connectivity index (χ3v) is 5.73. The fourth-order valence-electron chi connectivity index (χ4n) is 4.06. The number of aromatic hydroxyl groups is 3. The van der Waals surface area contributed by atoms with E-state index in [0.717, 1.165) is 25.0 Å². The van der Waals surface area contributed by atoms with Crippen molar-refractivity contribution in [1.29, 1.82) is 0 Å². The van der Waals surface area contributed by atoms with Crippen molar-refractivity contribution in [3.63, 3.8) is 0 Å². The van der Waals surface area contributed by atoms with Crippen LogP contribution in [0, 0.1) is 5.82 Å². The van der Waals surface area contributed by atoms with Gasteiger partial charge in [-0.05, 0) is 43.5 Å². The molecule has 3 aromatic rings. The second-order valence-corrected chi connectivity index (χ2v) is 8.17. The highest BCUT2D eigenvalue weighted by molar-refractivity contribution is 6.07. The van der Waals surface area contributed by atoms with E-state index in [0.29, 0.717) is 24.4 Å². The second-order valence-electron chi connectivity index (χ2n) is 8.17. The first kappa shape index (κ1) is 23.9. The standard InChI is InChI=1S/C24H25FN4O6/c25-14-4-6-16(7-5-14)35-10-8-22(33)29-9-2-1-3-18(29)17-13-21(28-27-17)26-24(34)23-19(31)11-15(30)12-20(23)32/h4-7,11-13,18,30-32H,1-3,8-10H2,(H2,26,27,28,34)/t18-/m1/s1. The van der Waals surface area contributed by atoms with Crippen molar-refractivity contribution in [1.82, 2.24) is 15.1 Å². The van der Waals surface area contributed by atoms with Gasteiger partial charge in [-0.2, -0.15) is 5.10 Å². The lowest BCUT2D eigenvalue weighted by atomic mass is 9.99. The maximum atomic E-state index is 13.0. The Labute approximate surface area is 200 Å². The van der Waals surface area contributed by atoms with Crippen molar-refractivity contribution in [2.45, 2.75) is 31.7 Å². The number of ether oxygens (including phenoxy) is 1. The molecular formula is C24H25FN4O6. The summed E-state index contributed by atoms with van der Waals surface area (Å²) in [6.45, 7) is 0.716. The van der Waals surface area contributed by atoms with Gasteiger partial charge < -0.3 is 30.3 Å². The largest absolute Gasteiger partial charge is 0.508 e. The number of carbonyl (C=O) groups is 2. The van der Waals surface area contributed by atoms with Gasteiger partial charge >= 0.3 is 0 Å². The zero-order valence-electron chi connectivity index (χ0n) is 18.7. The lowest BCUT2D eigenvalue weighted by Crippen LogP contribution is -2.39. The number of likely N-dealkylation sites (tertiary alicyclic amines) is 1. The predicted octanol–water partition coefficient (Wildman–Crippen LogP) is 3.44. The SMILES string of the molecule is O=C(Nc1cc([C@H]2CCCCN2C(=O)CCOc2ccc(F)cc2)[nH]n1)c1c(O)cc(O)cc1O. The van der Waals surface area contributed by atoms with E-state index in [1.54, 1.807) is 11.0 Å². The smallest absolute Gasteiger partial charge is 0.264 e. The van der Waals surface area contributed by atoms with E-state index in [4.69, 9.17) is 4.74 Å². The fourth-order valence-corrected chi connectivity index (χ4v) is 4.06. The lowest BCUT2D eigenvalue weighted by Gasteiger charge is -2.35. The molecule has 184 valence electrons. The molecule has 0 aliphatic carbocycles. The molecule has 1 aromatic heterocycles. The highest BCUT2D eigenvalue weighted by Gasteiger charge is 2.29. The molecule has 1 aliphatic heterocycles. The molecule has 0 radical (unpaired) electrons. The second kappa shape index (κ2) is 10.3. The Balaban J connectivity index is 1.39. The maximum absolute atomic E-state index is 13.0. The van der Waals surface area contributed by atoms with Crippen LogP contribution < -0.4 is 10.1 Å². The number of rotatable bonds is 7. The van der Waals surface area contributed by atoms with Gasteiger partial charge in [-0.15, -0.1) is 0 Å². The van der Waals surface area contributed by atoms with E-state index in [-0.39, 0.29) is 42.4 Å². The van der Waals surface area contributed by atoms with Crippen molar-refractivity contribution in [3.8, 4) is 23.0 Å². The summed E-state index contributed by atoms with van der Waals surface area (Å²) in [6, 6.07) is 8.79. The average Bonchev–Trinajstić information content (AvgIpc) is 3.28. The molecule has 35 heavy (non-hydrogen) atoms. The van der Waals surface area contributed by atoms with Gasteiger partial charge in [0, 0.05) is 24.7 Å². The molecule has 0 spiro atoms. The Bertz CT molecular complexity index is 1190. The van der Waals surface area contributed by atoms with Crippen LogP contribution in [0.2, 0.25) is 0 Å². The maximum Gasteiger partial charge on any atom is 0.264 e.